The Hall–Kier alpha value is -0.320. The zero-order chi connectivity index (χ0) is 11.9. The fraction of sp³-hybridized carbons (Fsp3) is 0.909. The Kier molecular flexibility index (Phi) is 4.80. The molecule has 1 saturated carbocycles. The van der Waals surface area contributed by atoms with Gasteiger partial charge < -0.3 is 15.4 Å². The Morgan fingerprint density at radius 2 is 2.00 bits per heavy atom. The lowest BCUT2D eigenvalue weighted by atomic mass is 9.55. The number of nitrogens with two attached hydrogens (primary N) is 1. The molecule has 16 heavy (non-hydrogen) atoms. The van der Waals surface area contributed by atoms with E-state index in [0.717, 1.165) is 6.42 Å². The first-order valence-electron chi connectivity index (χ1n) is 5.31. The predicted molar refractivity (Wildman–Crippen MR) is 66.7 cm³/mol. The van der Waals surface area contributed by atoms with Crippen molar-refractivity contribution in [1.82, 2.24) is 4.90 Å². The van der Waals surface area contributed by atoms with E-state index in [1.54, 1.807) is 12.0 Å². The lowest BCUT2D eigenvalue weighted by Crippen LogP contribution is -2.69. The van der Waals surface area contributed by atoms with Crippen LogP contribution in [0.3, 0.4) is 0 Å². The molecule has 1 fully saturated rings. The largest absolute Gasteiger partial charge is 0.378 e. The first-order valence-corrected chi connectivity index (χ1v) is 5.31. The first kappa shape index (κ1) is 15.7. The lowest BCUT2D eigenvalue weighted by Gasteiger charge is -2.61. The van der Waals surface area contributed by atoms with Crippen LogP contribution in [-0.4, -0.2) is 43.2 Å². The van der Waals surface area contributed by atoms with Gasteiger partial charge in [-0.05, 0) is 13.3 Å². The van der Waals surface area contributed by atoms with Crippen molar-refractivity contribution in [3.8, 4) is 0 Å². The smallest absolute Gasteiger partial charge is 0.236 e. The van der Waals surface area contributed by atoms with Crippen molar-refractivity contribution < 1.29 is 9.53 Å². The molecule has 0 bridgehead atoms. The van der Waals surface area contributed by atoms with Crippen LogP contribution < -0.4 is 5.73 Å². The molecule has 0 heterocycles. The van der Waals surface area contributed by atoms with Crippen molar-refractivity contribution >= 4 is 18.3 Å². The molecule has 0 saturated heterocycles. The van der Waals surface area contributed by atoms with Crippen molar-refractivity contribution in [3.05, 3.63) is 0 Å². The standard InChI is InChI=1S/C11H22N2O2.ClH/c1-10(2)8(6-11(10,3)15-5)13(4)9(14)7-12;/h8H,6-7,12H2,1-5H3;1H. The van der Waals surface area contributed by atoms with E-state index in [1.807, 2.05) is 7.05 Å². The van der Waals surface area contributed by atoms with Gasteiger partial charge in [-0.3, -0.25) is 4.79 Å². The summed E-state index contributed by atoms with van der Waals surface area (Å²) in [7, 11) is 3.54. The van der Waals surface area contributed by atoms with E-state index < -0.39 is 0 Å². The molecular formula is C11H23ClN2O2. The zero-order valence-corrected chi connectivity index (χ0v) is 11.6. The Bertz CT molecular complexity index is 271. The van der Waals surface area contributed by atoms with Gasteiger partial charge in [-0.15, -0.1) is 12.4 Å². The molecule has 0 spiro atoms. The van der Waals surface area contributed by atoms with Crippen molar-refractivity contribution in [3.63, 3.8) is 0 Å². The number of amides is 1. The highest BCUT2D eigenvalue weighted by atomic mass is 35.5. The summed E-state index contributed by atoms with van der Waals surface area (Å²) in [4.78, 5) is 13.2. The number of nitrogens with zero attached hydrogens (tertiary/aromatic N) is 1. The van der Waals surface area contributed by atoms with Gasteiger partial charge >= 0.3 is 0 Å². The number of hydrogen-bond acceptors (Lipinski definition) is 3. The third kappa shape index (κ3) is 2.06. The average Bonchev–Trinajstić information content (AvgIpc) is 2.22. The second-order valence-corrected chi connectivity index (χ2v) is 5.09. The number of halogens is 1. The summed E-state index contributed by atoms with van der Waals surface area (Å²) in [5.74, 6) is -0.00812. The lowest BCUT2D eigenvalue weighted by molar-refractivity contribution is -0.206. The Morgan fingerprint density at radius 1 is 1.50 bits per heavy atom. The van der Waals surface area contributed by atoms with Gasteiger partial charge in [0.25, 0.3) is 0 Å². The highest BCUT2D eigenvalue weighted by molar-refractivity contribution is 5.85. The number of likely N-dealkylation sites (N-methyl/N-ethyl adjacent to an activating group) is 1. The third-order valence-corrected chi connectivity index (χ3v) is 4.26. The van der Waals surface area contributed by atoms with Gasteiger partial charge in [0.15, 0.2) is 0 Å². The summed E-state index contributed by atoms with van der Waals surface area (Å²) >= 11 is 0. The molecule has 96 valence electrons. The zero-order valence-electron chi connectivity index (χ0n) is 10.7. The molecule has 2 unspecified atom stereocenters. The molecule has 0 radical (unpaired) electrons. The fourth-order valence-electron chi connectivity index (χ4n) is 2.39. The predicted octanol–water partition coefficient (Wildman–Crippen LogP) is 1.03. The summed E-state index contributed by atoms with van der Waals surface area (Å²) < 4.78 is 5.51. The number of ether oxygens (including phenoxy) is 1. The minimum Gasteiger partial charge on any atom is -0.378 e. The van der Waals surface area contributed by atoms with Crippen LogP contribution in [0.4, 0.5) is 0 Å². The maximum atomic E-state index is 11.5. The van der Waals surface area contributed by atoms with Gasteiger partial charge in [-0.25, -0.2) is 0 Å². The topological polar surface area (TPSA) is 55.6 Å². The van der Waals surface area contributed by atoms with E-state index in [-0.39, 0.29) is 41.9 Å². The number of hydrogen-bond donors (Lipinski definition) is 1. The maximum absolute atomic E-state index is 11.5. The van der Waals surface area contributed by atoms with Gasteiger partial charge in [-0.1, -0.05) is 13.8 Å². The summed E-state index contributed by atoms with van der Waals surface area (Å²) in [5, 5.41) is 0. The van der Waals surface area contributed by atoms with Crippen LogP contribution in [0.1, 0.15) is 27.2 Å². The Labute approximate surface area is 104 Å². The molecule has 0 aromatic heterocycles. The van der Waals surface area contributed by atoms with Crippen LogP contribution in [0.5, 0.6) is 0 Å². The number of methoxy groups -OCH3 is 1. The fourth-order valence-corrected chi connectivity index (χ4v) is 2.39. The average molecular weight is 251 g/mol. The molecule has 2 N–H and O–H groups in total. The van der Waals surface area contributed by atoms with Crippen LogP contribution in [0.15, 0.2) is 0 Å². The molecule has 1 amide bonds. The molecule has 1 rings (SSSR count). The van der Waals surface area contributed by atoms with Gasteiger partial charge in [0.2, 0.25) is 5.91 Å². The van der Waals surface area contributed by atoms with E-state index >= 15 is 0 Å². The van der Waals surface area contributed by atoms with E-state index in [4.69, 9.17) is 10.5 Å². The second kappa shape index (κ2) is 4.90. The number of rotatable bonds is 3. The molecule has 0 aromatic rings. The second-order valence-electron chi connectivity index (χ2n) is 5.09. The quantitative estimate of drug-likeness (QED) is 0.814. The van der Waals surface area contributed by atoms with Crippen LogP contribution in [0.2, 0.25) is 0 Å². The molecular weight excluding hydrogens is 228 g/mol. The van der Waals surface area contributed by atoms with Gasteiger partial charge in [0.1, 0.15) is 0 Å². The molecule has 0 aliphatic heterocycles. The molecule has 2 atom stereocenters. The molecule has 4 nitrogen and oxygen atoms in total. The summed E-state index contributed by atoms with van der Waals surface area (Å²) in [6.07, 6.45) is 0.874. The van der Waals surface area contributed by atoms with Gasteiger partial charge in [-0.2, -0.15) is 0 Å². The van der Waals surface area contributed by atoms with Crippen molar-refractivity contribution in [1.29, 1.82) is 0 Å². The van der Waals surface area contributed by atoms with E-state index in [1.165, 1.54) is 0 Å². The van der Waals surface area contributed by atoms with E-state index in [2.05, 4.69) is 20.8 Å². The Balaban J connectivity index is 0.00000225. The maximum Gasteiger partial charge on any atom is 0.236 e. The minimum atomic E-state index is -0.138. The number of carbonyl (C=O) groups excluding carboxylic acids is 1. The van der Waals surface area contributed by atoms with E-state index in [0.29, 0.717) is 0 Å². The minimum absolute atomic E-state index is 0. The van der Waals surface area contributed by atoms with E-state index in [9.17, 15) is 4.79 Å². The SMILES string of the molecule is COC1(C)CC(N(C)C(=O)CN)C1(C)C.Cl. The summed E-state index contributed by atoms with van der Waals surface area (Å²) in [6.45, 7) is 6.42. The normalized spacial score (nSPS) is 31.2. The van der Waals surface area contributed by atoms with Gasteiger partial charge in [0.05, 0.1) is 12.1 Å². The third-order valence-electron chi connectivity index (χ3n) is 4.26. The molecule has 1 aliphatic rings. The van der Waals surface area contributed by atoms with Crippen LogP contribution in [-0.2, 0) is 9.53 Å². The van der Waals surface area contributed by atoms with Gasteiger partial charge in [0, 0.05) is 25.6 Å². The Morgan fingerprint density at radius 3 is 2.31 bits per heavy atom. The monoisotopic (exact) mass is 250 g/mol. The van der Waals surface area contributed by atoms with Crippen molar-refractivity contribution in [2.45, 2.75) is 38.8 Å². The number of carbonyl (C=O) groups is 1. The molecule has 5 heteroatoms. The first-order chi connectivity index (χ1) is 6.80. The summed E-state index contributed by atoms with van der Waals surface area (Å²) in [6, 6.07) is 0.221. The van der Waals surface area contributed by atoms with Crippen molar-refractivity contribution in [2.24, 2.45) is 11.1 Å². The highest BCUT2D eigenvalue weighted by Crippen LogP contribution is 2.53. The molecule has 1 aliphatic carbocycles. The van der Waals surface area contributed by atoms with Crippen LogP contribution in [0, 0.1) is 5.41 Å². The van der Waals surface area contributed by atoms with Crippen molar-refractivity contribution in [2.75, 3.05) is 20.7 Å². The van der Waals surface area contributed by atoms with Crippen LogP contribution >= 0.6 is 12.4 Å². The highest BCUT2D eigenvalue weighted by Gasteiger charge is 2.59. The van der Waals surface area contributed by atoms with Crippen LogP contribution in [0.25, 0.3) is 0 Å². The molecule has 0 aromatic carbocycles. The summed E-state index contributed by atoms with van der Waals surface area (Å²) in [5.41, 5.74) is 5.19.